The van der Waals surface area contributed by atoms with E-state index >= 15 is 4.39 Å². The lowest BCUT2D eigenvalue weighted by molar-refractivity contribution is -0.178. The Hall–Kier alpha value is -1.45. The first-order valence-corrected chi connectivity index (χ1v) is 11.9. The monoisotopic (exact) mass is 415 g/mol. The number of carbonyl (C=O) groups excluding carboxylic acids is 2. The highest BCUT2D eigenvalue weighted by Gasteiger charge is 2.73. The Kier molecular flexibility index (Phi) is 4.91. The van der Waals surface area contributed by atoms with Gasteiger partial charge in [0.1, 0.15) is 5.67 Å². The van der Waals surface area contributed by atoms with Crippen LogP contribution in [0, 0.1) is 39.9 Å². The van der Waals surface area contributed by atoms with Crippen LogP contribution < -0.4 is 5.32 Å². The van der Waals surface area contributed by atoms with Crippen LogP contribution in [0.2, 0.25) is 0 Å². The number of rotatable bonds is 3. The molecule has 0 spiro atoms. The van der Waals surface area contributed by atoms with Crippen molar-refractivity contribution in [1.82, 2.24) is 5.32 Å². The van der Waals surface area contributed by atoms with E-state index in [1.807, 2.05) is 19.9 Å². The Morgan fingerprint density at radius 3 is 2.57 bits per heavy atom. The Labute approximate surface area is 180 Å². The molecular weight excluding hydrogens is 377 g/mol. The summed E-state index contributed by atoms with van der Waals surface area (Å²) in [6.45, 7) is 13.4. The molecule has 0 radical (unpaired) electrons. The highest BCUT2D eigenvalue weighted by molar-refractivity contribution is 6.01. The largest absolute Gasteiger partial charge is 0.356 e. The Bertz CT molecular complexity index is 833. The number of alkyl halides is 1. The zero-order valence-electron chi connectivity index (χ0n) is 19.5. The lowest BCUT2D eigenvalue weighted by Crippen LogP contribution is -2.65. The summed E-state index contributed by atoms with van der Waals surface area (Å²) >= 11 is 0. The van der Waals surface area contributed by atoms with Crippen molar-refractivity contribution >= 4 is 11.7 Å². The predicted molar refractivity (Wildman–Crippen MR) is 117 cm³/mol. The summed E-state index contributed by atoms with van der Waals surface area (Å²) in [5, 5.41) is 3.17. The van der Waals surface area contributed by atoms with E-state index in [1.165, 1.54) is 0 Å². The molecule has 3 nitrogen and oxygen atoms in total. The van der Waals surface area contributed by atoms with E-state index in [-0.39, 0.29) is 40.8 Å². The van der Waals surface area contributed by atoms with Gasteiger partial charge in [-0.05, 0) is 87.2 Å². The van der Waals surface area contributed by atoms with E-state index in [4.69, 9.17) is 0 Å². The van der Waals surface area contributed by atoms with Crippen molar-refractivity contribution in [2.24, 2.45) is 39.9 Å². The number of amides is 1. The molecule has 0 aliphatic heterocycles. The van der Waals surface area contributed by atoms with Crippen molar-refractivity contribution in [2.75, 3.05) is 6.54 Å². The molecule has 4 rings (SSSR count). The van der Waals surface area contributed by atoms with E-state index in [0.29, 0.717) is 13.0 Å². The summed E-state index contributed by atoms with van der Waals surface area (Å²) in [4.78, 5) is 25.4. The van der Waals surface area contributed by atoms with Gasteiger partial charge in [0, 0.05) is 12.0 Å². The average Bonchev–Trinajstić information content (AvgIpc) is 2.89. The van der Waals surface area contributed by atoms with E-state index < -0.39 is 16.5 Å². The van der Waals surface area contributed by atoms with Crippen LogP contribution in [0.1, 0.15) is 73.6 Å². The minimum Gasteiger partial charge on any atom is -0.356 e. The predicted octanol–water partition coefficient (Wildman–Crippen LogP) is 5.41. The topological polar surface area (TPSA) is 46.2 Å². The fraction of sp³-hybridized carbons (Fsp3) is 0.769. The van der Waals surface area contributed by atoms with E-state index in [1.54, 1.807) is 12.2 Å². The molecule has 1 amide bonds. The lowest BCUT2D eigenvalue weighted by Gasteiger charge is -2.64. The van der Waals surface area contributed by atoms with E-state index in [2.05, 4.69) is 33.0 Å². The number of hydrogen-bond acceptors (Lipinski definition) is 2. The van der Waals surface area contributed by atoms with Gasteiger partial charge >= 0.3 is 0 Å². The first kappa shape index (κ1) is 21.8. The maximum Gasteiger partial charge on any atom is 0.226 e. The SMILES string of the molecule is CCCNC(=O)[C@@]1(C)[C@H](C)CC2C3CCC4=CC(=O)C=C[C@]4(C)[C@@]3(F)[C@@H](C)C[C@@]21C. The maximum atomic E-state index is 17.3. The second kappa shape index (κ2) is 6.77. The molecule has 2 unspecified atom stereocenters. The Balaban J connectivity index is 1.77. The molecule has 166 valence electrons. The molecule has 0 aromatic carbocycles. The summed E-state index contributed by atoms with van der Waals surface area (Å²) in [7, 11) is 0. The first-order valence-electron chi connectivity index (χ1n) is 11.9. The quantitative estimate of drug-likeness (QED) is 0.670. The van der Waals surface area contributed by atoms with Gasteiger partial charge in [-0.15, -0.1) is 0 Å². The molecule has 1 N–H and O–H groups in total. The molecule has 3 fully saturated rings. The van der Waals surface area contributed by atoms with Gasteiger partial charge in [-0.1, -0.05) is 39.3 Å². The minimum absolute atomic E-state index is 0.0208. The third-order valence-corrected chi connectivity index (χ3v) is 10.2. The zero-order valence-corrected chi connectivity index (χ0v) is 19.5. The number of carbonyl (C=O) groups is 2. The first-order chi connectivity index (χ1) is 14.0. The van der Waals surface area contributed by atoms with Crippen molar-refractivity contribution in [3.05, 3.63) is 23.8 Å². The molecule has 0 saturated heterocycles. The van der Waals surface area contributed by atoms with Crippen LogP contribution in [-0.2, 0) is 9.59 Å². The molecule has 4 aliphatic rings. The van der Waals surface area contributed by atoms with Crippen molar-refractivity contribution < 1.29 is 14.0 Å². The summed E-state index contributed by atoms with van der Waals surface area (Å²) in [6.07, 6.45) is 9.15. The third-order valence-electron chi connectivity index (χ3n) is 10.2. The molecule has 0 aromatic rings. The fourth-order valence-corrected chi connectivity index (χ4v) is 8.20. The molecule has 3 saturated carbocycles. The van der Waals surface area contributed by atoms with Crippen LogP contribution in [0.25, 0.3) is 0 Å². The Morgan fingerprint density at radius 1 is 1.20 bits per heavy atom. The molecule has 4 heteroatoms. The van der Waals surface area contributed by atoms with Crippen molar-refractivity contribution in [2.45, 2.75) is 79.3 Å². The molecule has 30 heavy (non-hydrogen) atoms. The average molecular weight is 416 g/mol. The highest BCUT2D eigenvalue weighted by atomic mass is 19.1. The summed E-state index contributed by atoms with van der Waals surface area (Å²) < 4.78 is 17.3. The minimum atomic E-state index is -1.39. The number of halogens is 1. The highest BCUT2D eigenvalue weighted by Crippen LogP contribution is 2.74. The number of allylic oxidation sites excluding steroid dienone is 4. The second-order valence-corrected chi connectivity index (χ2v) is 11.2. The van der Waals surface area contributed by atoms with Crippen LogP contribution in [0.4, 0.5) is 4.39 Å². The molecular formula is C26H38FNO2. The van der Waals surface area contributed by atoms with Gasteiger partial charge in [0.05, 0.1) is 5.41 Å². The van der Waals surface area contributed by atoms with Gasteiger partial charge in [0.25, 0.3) is 0 Å². The molecule has 0 aromatic heterocycles. The van der Waals surface area contributed by atoms with Crippen molar-refractivity contribution in [3.8, 4) is 0 Å². The third kappa shape index (κ3) is 2.42. The summed E-state index contributed by atoms with van der Waals surface area (Å²) in [5.41, 5.74) is -1.87. The lowest BCUT2D eigenvalue weighted by atomic mass is 9.42. The van der Waals surface area contributed by atoms with Crippen LogP contribution in [0.15, 0.2) is 23.8 Å². The van der Waals surface area contributed by atoms with E-state index in [0.717, 1.165) is 31.3 Å². The van der Waals surface area contributed by atoms with Crippen LogP contribution in [0.5, 0.6) is 0 Å². The molecule has 4 aliphatic carbocycles. The maximum absolute atomic E-state index is 17.3. The van der Waals surface area contributed by atoms with E-state index in [9.17, 15) is 9.59 Å². The number of ketones is 1. The molecule has 0 heterocycles. The van der Waals surface area contributed by atoms with Gasteiger partial charge in [-0.3, -0.25) is 9.59 Å². The summed E-state index contributed by atoms with van der Waals surface area (Å²) in [6, 6.07) is 0. The molecule has 0 bridgehead atoms. The zero-order chi connectivity index (χ0) is 22.1. The van der Waals surface area contributed by atoms with Crippen LogP contribution in [0.3, 0.4) is 0 Å². The van der Waals surface area contributed by atoms with Gasteiger partial charge in [0.2, 0.25) is 5.91 Å². The second-order valence-electron chi connectivity index (χ2n) is 11.2. The Morgan fingerprint density at radius 2 is 1.90 bits per heavy atom. The smallest absolute Gasteiger partial charge is 0.226 e. The van der Waals surface area contributed by atoms with Crippen LogP contribution >= 0.6 is 0 Å². The van der Waals surface area contributed by atoms with Gasteiger partial charge in [-0.25, -0.2) is 4.39 Å². The van der Waals surface area contributed by atoms with Gasteiger partial charge in [-0.2, -0.15) is 0 Å². The number of nitrogens with one attached hydrogen (secondary N) is 1. The van der Waals surface area contributed by atoms with Crippen molar-refractivity contribution in [3.63, 3.8) is 0 Å². The van der Waals surface area contributed by atoms with Gasteiger partial charge in [0.15, 0.2) is 5.78 Å². The fourth-order valence-electron chi connectivity index (χ4n) is 8.20. The molecule has 8 atom stereocenters. The summed E-state index contributed by atoms with van der Waals surface area (Å²) in [5.74, 6) is 0.245. The number of fused-ring (bicyclic) bond motifs is 5. The van der Waals surface area contributed by atoms with Crippen LogP contribution in [-0.4, -0.2) is 23.9 Å². The van der Waals surface area contributed by atoms with Gasteiger partial charge < -0.3 is 5.32 Å². The number of hydrogen-bond donors (Lipinski definition) is 1. The normalized spacial score (nSPS) is 49.7. The standard InChI is InChI=1S/C26H38FNO2/c1-7-12-28-22(30)25(6)16(2)13-21-20-9-8-18-14-19(29)10-11-23(18,4)26(20,27)17(3)15-24(21,25)5/h10-11,14,16-17,20-21H,7-9,12-13,15H2,1-6H3,(H,28,30)/t16-,17+,20?,21?,23+,24+,25-,26-/m1/s1. The van der Waals surface area contributed by atoms with Crippen molar-refractivity contribution in [1.29, 1.82) is 0 Å².